The Hall–Kier alpha value is -0.440. The molecule has 0 spiro atoms. The summed E-state index contributed by atoms with van der Waals surface area (Å²) in [4.78, 5) is 0. The van der Waals surface area contributed by atoms with Crippen molar-refractivity contribution in [3.05, 3.63) is 13.8 Å². The molecule has 0 aliphatic rings. The third-order valence-corrected chi connectivity index (χ3v) is 5.48. The van der Waals surface area contributed by atoms with Crippen LogP contribution in [0.15, 0.2) is 0 Å². The van der Waals surface area contributed by atoms with Gasteiger partial charge in [-0.15, -0.1) is 11.8 Å². The maximum atomic E-state index is 3.91. The Morgan fingerprint density at radius 3 is 0.889 bits per heavy atom. The average molecular weight is 375 g/mol. The minimum Gasteiger partial charge on any atom is -0.103 e. The summed E-state index contributed by atoms with van der Waals surface area (Å²) in [6.07, 6.45) is 31.2. The van der Waals surface area contributed by atoms with Crippen LogP contribution in [0, 0.1) is 25.7 Å². The van der Waals surface area contributed by atoms with Gasteiger partial charge in [-0.1, -0.05) is 136 Å². The van der Waals surface area contributed by atoms with Crippen LogP contribution < -0.4 is 0 Å². The third-order valence-electron chi connectivity index (χ3n) is 5.48. The summed E-state index contributed by atoms with van der Waals surface area (Å²) in [6.45, 7) is 7.75. The zero-order valence-corrected chi connectivity index (χ0v) is 18.7. The highest BCUT2D eigenvalue weighted by Gasteiger charge is 1.95. The second kappa shape index (κ2) is 25.6. The van der Waals surface area contributed by atoms with E-state index >= 15 is 0 Å². The molecule has 0 heterocycles. The SMILES string of the molecule is [CH2]CCCC#CCCCCCCCCCCCCCCCCCCCC[CH2]. The normalized spacial score (nSPS) is 10.7. The van der Waals surface area contributed by atoms with Crippen LogP contribution in [0.3, 0.4) is 0 Å². The van der Waals surface area contributed by atoms with Crippen molar-refractivity contribution < 1.29 is 0 Å². The average Bonchev–Trinajstić information content (AvgIpc) is 2.68. The van der Waals surface area contributed by atoms with Gasteiger partial charge in [-0.3, -0.25) is 0 Å². The van der Waals surface area contributed by atoms with Gasteiger partial charge >= 0.3 is 0 Å². The lowest BCUT2D eigenvalue weighted by atomic mass is 10.0. The Kier molecular flexibility index (Phi) is 25.1. The Morgan fingerprint density at radius 2 is 0.556 bits per heavy atom. The fourth-order valence-corrected chi connectivity index (χ4v) is 3.61. The molecular weight excluding hydrogens is 324 g/mol. The number of rotatable bonds is 21. The first-order valence-corrected chi connectivity index (χ1v) is 12.5. The molecule has 0 fully saturated rings. The van der Waals surface area contributed by atoms with Gasteiger partial charge in [0, 0.05) is 12.8 Å². The number of unbranched alkanes of at least 4 members (excludes halogenated alkanes) is 21. The van der Waals surface area contributed by atoms with Gasteiger partial charge < -0.3 is 0 Å². The Morgan fingerprint density at radius 1 is 0.296 bits per heavy atom. The quantitative estimate of drug-likeness (QED) is 0.138. The zero-order chi connectivity index (χ0) is 19.7. The van der Waals surface area contributed by atoms with Crippen molar-refractivity contribution in [2.45, 2.75) is 148 Å². The van der Waals surface area contributed by atoms with E-state index in [1.165, 1.54) is 116 Å². The molecule has 0 saturated heterocycles. The van der Waals surface area contributed by atoms with Crippen LogP contribution >= 0.6 is 0 Å². The van der Waals surface area contributed by atoms with Crippen LogP contribution in [-0.4, -0.2) is 0 Å². The highest BCUT2D eigenvalue weighted by molar-refractivity contribution is 4.98. The van der Waals surface area contributed by atoms with Gasteiger partial charge in [0.2, 0.25) is 0 Å². The van der Waals surface area contributed by atoms with E-state index in [0.29, 0.717) is 0 Å². The van der Waals surface area contributed by atoms with E-state index in [4.69, 9.17) is 0 Å². The topological polar surface area (TPSA) is 0 Å². The Bertz CT molecular complexity index is 306. The third kappa shape index (κ3) is 25.6. The maximum absolute atomic E-state index is 3.91. The van der Waals surface area contributed by atoms with Crippen LogP contribution in [0.4, 0.5) is 0 Å². The lowest BCUT2D eigenvalue weighted by Gasteiger charge is -2.03. The van der Waals surface area contributed by atoms with Crippen molar-refractivity contribution >= 4 is 0 Å². The van der Waals surface area contributed by atoms with Gasteiger partial charge in [0.1, 0.15) is 0 Å². The fourth-order valence-electron chi connectivity index (χ4n) is 3.61. The summed E-state index contributed by atoms with van der Waals surface area (Å²) < 4.78 is 0. The van der Waals surface area contributed by atoms with Crippen molar-refractivity contribution in [3.8, 4) is 11.8 Å². The Balaban J connectivity index is 3.02. The van der Waals surface area contributed by atoms with Crippen LogP contribution in [0.1, 0.15) is 148 Å². The molecule has 0 aliphatic heterocycles. The summed E-state index contributed by atoms with van der Waals surface area (Å²) in [6, 6.07) is 0. The molecule has 0 atom stereocenters. The van der Waals surface area contributed by atoms with E-state index in [2.05, 4.69) is 25.7 Å². The number of hydrogen-bond donors (Lipinski definition) is 0. The van der Waals surface area contributed by atoms with Gasteiger partial charge in [0.15, 0.2) is 0 Å². The minimum absolute atomic E-state index is 1.02. The largest absolute Gasteiger partial charge is 0.103 e. The summed E-state index contributed by atoms with van der Waals surface area (Å²) in [7, 11) is 0. The molecule has 27 heavy (non-hydrogen) atoms. The molecule has 2 radical (unpaired) electrons. The summed E-state index contributed by atoms with van der Waals surface area (Å²) in [5.41, 5.74) is 0. The van der Waals surface area contributed by atoms with Gasteiger partial charge in [-0.25, -0.2) is 0 Å². The van der Waals surface area contributed by atoms with E-state index in [0.717, 1.165) is 32.1 Å². The van der Waals surface area contributed by atoms with Gasteiger partial charge in [-0.2, -0.15) is 0 Å². The number of hydrogen-bond acceptors (Lipinski definition) is 0. The maximum Gasteiger partial charge on any atom is 0.00886 e. The lowest BCUT2D eigenvalue weighted by Crippen LogP contribution is -1.84. The molecule has 0 unspecified atom stereocenters. The minimum atomic E-state index is 1.02. The second-order valence-electron chi connectivity index (χ2n) is 8.28. The first-order chi connectivity index (χ1) is 13.4. The molecular formula is C27H50. The molecule has 0 aromatic carbocycles. The standard InChI is InChI=1S/C27H50/c1-3-5-7-9-11-13-15-17-19-21-23-25-27-26-24-22-20-18-16-14-12-10-8-6-4-2/h1-9,11,13-27H2. The Labute approximate surface area is 173 Å². The predicted octanol–water partition coefficient (Wildman–Crippen LogP) is 9.63. The van der Waals surface area contributed by atoms with Crippen molar-refractivity contribution in [2.24, 2.45) is 0 Å². The molecule has 0 aliphatic carbocycles. The summed E-state index contributed by atoms with van der Waals surface area (Å²) >= 11 is 0. The first kappa shape index (κ1) is 26.6. The van der Waals surface area contributed by atoms with Crippen molar-refractivity contribution in [1.29, 1.82) is 0 Å². The molecule has 158 valence electrons. The molecule has 0 bridgehead atoms. The highest BCUT2D eigenvalue weighted by Crippen LogP contribution is 2.14. The molecule has 0 amide bonds. The smallest absolute Gasteiger partial charge is 0.00886 e. The molecule has 0 heteroatoms. The zero-order valence-electron chi connectivity index (χ0n) is 18.7. The van der Waals surface area contributed by atoms with Crippen molar-refractivity contribution in [3.63, 3.8) is 0 Å². The molecule has 0 aromatic rings. The summed E-state index contributed by atoms with van der Waals surface area (Å²) in [5.74, 6) is 6.55. The van der Waals surface area contributed by atoms with E-state index in [1.54, 1.807) is 0 Å². The molecule has 0 N–H and O–H groups in total. The van der Waals surface area contributed by atoms with E-state index in [1.807, 2.05) is 0 Å². The van der Waals surface area contributed by atoms with Crippen LogP contribution in [0.5, 0.6) is 0 Å². The van der Waals surface area contributed by atoms with E-state index in [9.17, 15) is 0 Å². The monoisotopic (exact) mass is 374 g/mol. The molecule has 0 rings (SSSR count). The van der Waals surface area contributed by atoms with Gasteiger partial charge in [-0.05, 0) is 12.8 Å². The van der Waals surface area contributed by atoms with Crippen molar-refractivity contribution in [2.75, 3.05) is 0 Å². The van der Waals surface area contributed by atoms with E-state index < -0.39 is 0 Å². The predicted molar refractivity (Wildman–Crippen MR) is 125 cm³/mol. The lowest BCUT2D eigenvalue weighted by molar-refractivity contribution is 0.524. The van der Waals surface area contributed by atoms with Crippen molar-refractivity contribution in [1.82, 2.24) is 0 Å². The van der Waals surface area contributed by atoms with Crippen LogP contribution in [-0.2, 0) is 0 Å². The van der Waals surface area contributed by atoms with Gasteiger partial charge in [0.05, 0.1) is 0 Å². The van der Waals surface area contributed by atoms with Crippen LogP contribution in [0.25, 0.3) is 0 Å². The second-order valence-corrected chi connectivity index (χ2v) is 8.28. The molecule has 0 saturated carbocycles. The van der Waals surface area contributed by atoms with Crippen LogP contribution in [0.2, 0.25) is 0 Å². The summed E-state index contributed by atoms with van der Waals surface area (Å²) in [5, 5.41) is 0. The molecule has 0 nitrogen and oxygen atoms in total. The van der Waals surface area contributed by atoms with Gasteiger partial charge in [0.25, 0.3) is 0 Å². The fraction of sp³-hybridized carbons (Fsp3) is 0.852. The van der Waals surface area contributed by atoms with E-state index in [-0.39, 0.29) is 0 Å². The first-order valence-electron chi connectivity index (χ1n) is 12.5. The molecule has 0 aromatic heterocycles. The highest BCUT2D eigenvalue weighted by atomic mass is 14.0.